The summed E-state index contributed by atoms with van der Waals surface area (Å²) in [7, 11) is 0. The van der Waals surface area contributed by atoms with Gasteiger partial charge in [-0.05, 0) is 163 Å². The highest BCUT2D eigenvalue weighted by atomic mass is 16.6. The molecule has 524 valence electrons. The molecule has 0 saturated heterocycles. The fraction of sp³-hybridized carbons (Fsp3) is 0.479. The zero-order valence-electron chi connectivity index (χ0n) is 59.0. The molecule has 97 heavy (non-hydrogen) atoms. The number of alkyl carbamates (subject to hydrolysis) is 3. The van der Waals surface area contributed by atoms with E-state index < -0.39 is 106 Å². The van der Waals surface area contributed by atoms with Gasteiger partial charge in [-0.25, -0.2) is 24.0 Å². The van der Waals surface area contributed by atoms with Crippen molar-refractivity contribution < 1.29 is 100 Å². The number of amides is 3. The van der Waals surface area contributed by atoms with E-state index in [1.54, 1.807) is 98.7 Å². The number of carboxylic acids is 1. The average molecular weight is 1350 g/mol. The number of nitrogens with one attached hydrogen (secondary N) is 3. The highest BCUT2D eigenvalue weighted by molar-refractivity contribution is 6.52. The summed E-state index contributed by atoms with van der Waals surface area (Å²) in [6.07, 6.45) is 1.67. The van der Waals surface area contributed by atoms with Crippen molar-refractivity contribution in [3.8, 4) is 34.5 Å². The summed E-state index contributed by atoms with van der Waals surface area (Å²) in [6, 6.07) is 18.8. The van der Waals surface area contributed by atoms with E-state index >= 15 is 0 Å². The molecule has 0 fully saturated rings. The lowest BCUT2D eigenvalue weighted by atomic mass is 9.82. The number of fused-ring (bicyclic) bond motifs is 8. The smallest absolute Gasteiger partial charge is 0.408 e. The predicted molar refractivity (Wildman–Crippen MR) is 359 cm³/mol. The van der Waals surface area contributed by atoms with Gasteiger partial charge < -0.3 is 68.4 Å². The molecule has 4 N–H and O–H groups in total. The Morgan fingerprint density at radius 3 is 1.18 bits per heavy atom. The first-order chi connectivity index (χ1) is 44.8. The molecular weight excluding hydrogens is 1250 g/mol. The second-order valence-electron chi connectivity index (χ2n) is 28.6. The van der Waals surface area contributed by atoms with Crippen molar-refractivity contribution in [3.05, 3.63) is 101 Å². The number of allylic oxidation sites excluding steroid dienone is 1. The zero-order valence-corrected chi connectivity index (χ0v) is 59.0. The normalized spacial score (nSPS) is 16.3. The molecule has 9 rings (SSSR count). The van der Waals surface area contributed by atoms with Crippen molar-refractivity contribution in [2.45, 2.75) is 229 Å². The lowest BCUT2D eigenvalue weighted by molar-refractivity contribution is -0.139. The van der Waals surface area contributed by atoms with E-state index in [1.165, 1.54) is 34.6 Å². The van der Waals surface area contributed by atoms with E-state index in [0.717, 1.165) is 22.8 Å². The minimum Gasteiger partial charge on any atom is -0.487 e. The molecule has 5 aromatic rings. The number of rotatable bonds is 10. The Morgan fingerprint density at radius 2 is 0.773 bits per heavy atom. The van der Waals surface area contributed by atoms with E-state index in [4.69, 9.17) is 52.5 Å². The van der Waals surface area contributed by atoms with Crippen LogP contribution in [0.3, 0.4) is 0 Å². The Kier molecular flexibility index (Phi) is 23.7. The number of carbonyl (C=O) groups is 10. The highest BCUT2D eigenvalue weighted by Gasteiger charge is 2.41. The molecule has 0 bridgehead atoms. The van der Waals surface area contributed by atoms with Crippen LogP contribution in [0.4, 0.5) is 14.4 Å². The van der Waals surface area contributed by atoms with Crippen LogP contribution in [0.1, 0.15) is 191 Å². The van der Waals surface area contributed by atoms with Crippen molar-refractivity contribution in [1.82, 2.24) is 16.0 Å². The first-order valence-corrected chi connectivity index (χ1v) is 31.9. The summed E-state index contributed by atoms with van der Waals surface area (Å²) in [4.78, 5) is 119. The van der Waals surface area contributed by atoms with Crippen LogP contribution in [0.5, 0.6) is 34.5 Å². The first-order valence-electron chi connectivity index (χ1n) is 31.9. The number of benzene rings is 5. The average Bonchev–Trinajstić information content (AvgIpc) is 0.759. The molecule has 0 radical (unpaired) electrons. The fourth-order valence-corrected chi connectivity index (χ4v) is 10.2. The van der Waals surface area contributed by atoms with Crippen molar-refractivity contribution in [3.63, 3.8) is 0 Å². The van der Waals surface area contributed by atoms with Gasteiger partial charge in [-0.3, -0.25) is 24.0 Å². The molecule has 0 unspecified atom stereocenters. The van der Waals surface area contributed by atoms with Gasteiger partial charge in [-0.1, -0.05) is 72.8 Å². The third kappa shape index (κ3) is 20.9. The Labute approximate surface area is 565 Å². The van der Waals surface area contributed by atoms with E-state index in [9.17, 15) is 47.9 Å². The van der Waals surface area contributed by atoms with Crippen molar-refractivity contribution in [2.24, 2.45) is 0 Å². The maximum atomic E-state index is 12.9. The largest absolute Gasteiger partial charge is 0.487 e. The highest BCUT2D eigenvalue weighted by Crippen LogP contribution is 2.52. The van der Waals surface area contributed by atoms with Gasteiger partial charge in [-0.2, -0.15) is 0 Å². The number of hydrogen-bond acceptors (Lipinski definition) is 20. The Morgan fingerprint density at radius 1 is 0.443 bits per heavy atom. The molecule has 0 saturated carbocycles. The molecule has 5 aromatic carbocycles. The van der Waals surface area contributed by atoms with Crippen LogP contribution in [0.15, 0.2) is 78.4 Å². The van der Waals surface area contributed by atoms with Gasteiger partial charge in [-0.15, -0.1) is 0 Å². The molecule has 3 atom stereocenters. The molecule has 4 aliphatic rings. The lowest BCUT2D eigenvalue weighted by Gasteiger charge is -2.36. The van der Waals surface area contributed by atoms with Gasteiger partial charge in [0.1, 0.15) is 69.0 Å². The molecule has 3 amide bonds. The molecular formula is C73H91N3O21. The van der Waals surface area contributed by atoms with Gasteiger partial charge in [0.05, 0.1) is 0 Å². The van der Waals surface area contributed by atoms with E-state index in [1.807, 2.05) is 77.9 Å². The third-order valence-electron chi connectivity index (χ3n) is 14.8. The Bertz CT molecular complexity index is 3930. The molecule has 24 heteroatoms. The standard InChI is InChI=1S/2C25H31NO7.C15H14O3.C8H15NO4/c1-14(26-23(29)33-24(3,4)5)22(28)31-20-17-11-9-8-10-16(17)19-18(21(20)30-15(2)27)12-13-25(6,7)32-19;1-14(26-23(29)33-24(3,4)5)22(28)31-21-18-12-13-25(6,7)32-19(18)16-10-8-9-11-17(16)20(21)30-15(2)27;1-15(2)8-7-11-13(17)12(16)9-5-3-4-6-10(9)14(11)18-15;1-5(6(10)11)9-7(12)13-8(2,3)4/h2*8-11,14H,12-13H2,1-7H3,(H,26,29);3-6H,7-8H2,1-2H3;5H,1-4H3,(H,9,12)(H,10,11)/t2*14-;;5-/m00.0/s1. The van der Waals surface area contributed by atoms with E-state index in [0.29, 0.717) is 82.4 Å². The molecule has 1 aliphatic carbocycles. The summed E-state index contributed by atoms with van der Waals surface area (Å²) in [5, 5.41) is 18.2. The predicted octanol–water partition coefficient (Wildman–Crippen LogP) is 13.1. The topological polar surface area (TPSA) is 319 Å². The number of carbonyl (C=O) groups excluding carboxylic acids is 9. The van der Waals surface area contributed by atoms with Crippen LogP contribution >= 0.6 is 0 Å². The molecule has 0 spiro atoms. The van der Waals surface area contributed by atoms with E-state index in [-0.39, 0.29) is 28.6 Å². The Hall–Kier alpha value is -9.74. The number of ketones is 2. The second kappa shape index (κ2) is 30.1. The maximum absolute atomic E-state index is 12.9. The number of ether oxygens (including phenoxy) is 10. The monoisotopic (exact) mass is 1350 g/mol. The number of aliphatic carboxylic acids is 1. The molecule has 3 heterocycles. The quantitative estimate of drug-likeness (QED) is 0.0437. The minimum atomic E-state index is -1.09. The van der Waals surface area contributed by atoms with Gasteiger partial charge in [0, 0.05) is 63.2 Å². The Balaban J connectivity index is 0.000000217. The van der Waals surface area contributed by atoms with Crippen LogP contribution in [-0.2, 0) is 60.6 Å². The second-order valence-corrected chi connectivity index (χ2v) is 28.6. The molecule has 24 nitrogen and oxygen atoms in total. The summed E-state index contributed by atoms with van der Waals surface area (Å²) in [6.45, 7) is 34.4. The summed E-state index contributed by atoms with van der Waals surface area (Å²) < 4.78 is 56.3. The molecule has 3 aliphatic heterocycles. The fourth-order valence-electron chi connectivity index (χ4n) is 10.2. The van der Waals surface area contributed by atoms with Crippen LogP contribution in [-0.4, -0.2) is 117 Å². The van der Waals surface area contributed by atoms with Crippen LogP contribution in [0.2, 0.25) is 0 Å². The van der Waals surface area contributed by atoms with Crippen LogP contribution < -0.4 is 44.4 Å². The number of esters is 4. The minimum absolute atomic E-state index is 0.116. The molecule has 0 aromatic heterocycles. The summed E-state index contributed by atoms with van der Waals surface area (Å²) in [5.41, 5.74) is -0.0627. The van der Waals surface area contributed by atoms with E-state index in [2.05, 4.69) is 16.0 Å². The van der Waals surface area contributed by atoms with Crippen molar-refractivity contribution >= 4 is 87.0 Å². The number of hydrogen-bond donors (Lipinski definition) is 4. The van der Waals surface area contributed by atoms with Crippen molar-refractivity contribution in [2.75, 3.05) is 0 Å². The van der Waals surface area contributed by atoms with Crippen molar-refractivity contribution in [1.29, 1.82) is 0 Å². The summed E-state index contributed by atoms with van der Waals surface area (Å²) in [5.74, 6) is -2.10. The third-order valence-corrected chi connectivity index (χ3v) is 14.8. The van der Waals surface area contributed by atoms with Gasteiger partial charge in [0.25, 0.3) is 0 Å². The number of Topliss-reactive ketones (excluding diaryl/α,β-unsaturated/α-hetero) is 2. The van der Waals surface area contributed by atoms with Gasteiger partial charge in [0.2, 0.25) is 11.6 Å². The first kappa shape index (κ1) is 76.3. The van der Waals surface area contributed by atoms with Crippen LogP contribution in [0.25, 0.3) is 27.3 Å². The summed E-state index contributed by atoms with van der Waals surface area (Å²) >= 11 is 0. The van der Waals surface area contributed by atoms with Crippen LogP contribution in [0, 0.1) is 0 Å². The van der Waals surface area contributed by atoms with Gasteiger partial charge >= 0.3 is 48.1 Å². The number of carboxylic acid groups (broad SMARTS) is 1. The maximum Gasteiger partial charge on any atom is 0.408 e. The lowest BCUT2D eigenvalue weighted by Crippen LogP contribution is -2.43. The van der Waals surface area contributed by atoms with Gasteiger partial charge in [0.15, 0.2) is 23.0 Å². The SMILES string of the molecule is CC(=O)Oc1c(OC(=O)[C@H](C)NC(=O)OC(C)(C)C)c2c(c3ccccc13)OC(C)(C)CC2.CC(=O)Oc1c2c(c3ccccc3c1OC(=O)[C@H](C)NC(=O)OC(C)(C)C)OC(C)(C)CC2.CC1(C)CCC2=C(O1)c1ccccc1C(=O)C2=O.C[C@H](NC(=O)OC(C)(C)C)C(=O)O. The zero-order chi connectivity index (χ0) is 72.7.